The van der Waals surface area contributed by atoms with Crippen LogP contribution in [0.15, 0.2) is 15.6 Å². The predicted octanol–water partition coefficient (Wildman–Crippen LogP) is 1.64. The standard InChI is InChI=1S/C8H14N2S/c1-3-11-8-4-5-10-6-7(8)9-2/h10H,2-6H2,1H3. The molecule has 0 saturated heterocycles. The van der Waals surface area contributed by atoms with Gasteiger partial charge in [0.15, 0.2) is 0 Å². The van der Waals surface area contributed by atoms with E-state index in [1.807, 2.05) is 11.8 Å². The van der Waals surface area contributed by atoms with Gasteiger partial charge in [0.25, 0.3) is 0 Å². The van der Waals surface area contributed by atoms with Crippen LogP contribution in [-0.4, -0.2) is 25.6 Å². The van der Waals surface area contributed by atoms with Crippen LogP contribution >= 0.6 is 11.8 Å². The fraction of sp³-hybridized carbons (Fsp3) is 0.625. The fourth-order valence-corrected chi connectivity index (χ4v) is 2.02. The van der Waals surface area contributed by atoms with Crippen molar-refractivity contribution < 1.29 is 0 Å². The molecule has 0 unspecified atom stereocenters. The first-order chi connectivity index (χ1) is 5.38. The van der Waals surface area contributed by atoms with Crippen LogP contribution in [0.1, 0.15) is 13.3 Å². The maximum absolute atomic E-state index is 3.99. The Labute approximate surface area is 72.2 Å². The van der Waals surface area contributed by atoms with Gasteiger partial charge in [-0.1, -0.05) is 6.92 Å². The van der Waals surface area contributed by atoms with E-state index in [0.29, 0.717) is 0 Å². The summed E-state index contributed by atoms with van der Waals surface area (Å²) in [4.78, 5) is 5.41. The molecule has 1 aliphatic rings. The van der Waals surface area contributed by atoms with E-state index in [1.165, 1.54) is 4.91 Å². The van der Waals surface area contributed by atoms with E-state index in [4.69, 9.17) is 0 Å². The first-order valence-electron chi connectivity index (χ1n) is 3.90. The van der Waals surface area contributed by atoms with Crippen molar-refractivity contribution in [2.75, 3.05) is 18.8 Å². The minimum atomic E-state index is 0.895. The summed E-state index contributed by atoms with van der Waals surface area (Å²) in [5.74, 6) is 1.13. The molecule has 1 rings (SSSR count). The van der Waals surface area contributed by atoms with E-state index in [0.717, 1.165) is 31.0 Å². The van der Waals surface area contributed by atoms with Gasteiger partial charge in [0.1, 0.15) is 0 Å². The predicted molar refractivity (Wildman–Crippen MR) is 52.2 cm³/mol. The van der Waals surface area contributed by atoms with Gasteiger partial charge in [-0.05, 0) is 18.9 Å². The van der Waals surface area contributed by atoms with Crippen LogP contribution in [0.4, 0.5) is 0 Å². The molecule has 0 aromatic heterocycles. The van der Waals surface area contributed by atoms with Gasteiger partial charge in [-0.25, -0.2) is 0 Å². The molecule has 0 aromatic rings. The maximum Gasteiger partial charge on any atom is 0.0629 e. The van der Waals surface area contributed by atoms with Crippen LogP contribution in [0.5, 0.6) is 0 Å². The van der Waals surface area contributed by atoms with Gasteiger partial charge >= 0.3 is 0 Å². The van der Waals surface area contributed by atoms with Gasteiger partial charge < -0.3 is 5.32 Å². The molecule has 1 heterocycles. The number of aliphatic imine (C=N–C) groups is 1. The fourth-order valence-electron chi connectivity index (χ4n) is 1.13. The molecule has 0 saturated carbocycles. The van der Waals surface area contributed by atoms with Crippen LogP contribution in [0, 0.1) is 0 Å². The molecule has 0 bridgehead atoms. The Balaban J connectivity index is 2.64. The summed E-state index contributed by atoms with van der Waals surface area (Å²) in [6.45, 7) is 7.70. The average Bonchev–Trinajstić information content (AvgIpc) is 2.06. The number of rotatable bonds is 3. The highest BCUT2D eigenvalue weighted by Crippen LogP contribution is 2.25. The lowest BCUT2D eigenvalue weighted by Crippen LogP contribution is -2.23. The Kier molecular flexibility index (Phi) is 3.66. The Morgan fingerprint density at radius 2 is 2.55 bits per heavy atom. The first-order valence-corrected chi connectivity index (χ1v) is 4.89. The monoisotopic (exact) mass is 170 g/mol. The molecule has 0 spiro atoms. The highest BCUT2D eigenvalue weighted by atomic mass is 32.2. The summed E-state index contributed by atoms with van der Waals surface area (Å²) in [6.07, 6.45) is 1.12. The van der Waals surface area contributed by atoms with E-state index < -0.39 is 0 Å². The summed E-state index contributed by atoms with van der Waals surface area (Å²) in [5.41, 5.74) is 1.14. The van der Waals surface area contributed by atoms with Crippen LogP contribution in [-0.2, 0) is 0 Å². The van der Waals surface area contributed by atoms with Gasteiger partial charge in [-0.15, -0.1) is 11.8 Å². The van der Waals surface area contributed by atoms with Crippen LogP contribution < -0.4 is 5.32 Å². The molecule has 2 nitrogen and oxygen atoms in total. The number of nitrogens with zero attached hydrogens (tertiary/aromatic N) is 1. The zero-order valence-corrected chi connectivity index (χ0v) is 7.71. The minimum Gasteiger partial charge on any atom is -0.311 e. The zero-order chi connectivity index (χ0) is 8.10. The Bertz CT molecular complexity index is 175. The van der Waals surface area contributed by atoms with Crippen LogP contribution in [0.25, 0.3) is 0 Å². The van der Waals surface area contributed by atoms with Crippen molar-refractivity contribution >= 4 is 18.5 Å². The van der Waals surface area contributed by atoms with E-state index in [1.54, 1.807) is 0 Å². The Hall–Kier alpha value is -0.280. The summed E-state index contributed by atoms with van der Waals surface area (Å²) >= 11 is 1.89. The lowest BCUT2D eigenvalue weighted by atomic mass is 10.2. The molecule has 62 valence electrons. The molecule has 3 heteroatoms. The zero-order valence-electron chi connectivity index (χ0n) is 6.89. The number of thioether (sulfide) groups is 1. The lowest BCUT2D eigenvalue weighted by Gasteiger charge is -2.16. The molecule has 0 aliphatic carbocycles. The molecule has 11 heavy (non-hydrogen) atoms. The van der Waals surface area contributed by atoms with E-state index in [9.17, 15) is 0 Å². The highest BCUT2D eigenvalue weighted by molar-refractivity contribution is 8.03. The Morgan fingerprint density at radius 1 is 1.73 bits per heavy atom. The van der Waals surface area contributed by atoms with Crippen molar-refractivity contribution in [3.8, 4) is 0 Å². The van der Waals surface area contributed by atoms with Gasteiger partial charge in [0.2, 0.25) is 0 Å². The topological polar surface area (TPSA) is 24.4 Å². The molecule has 0 fully saturated rings. The summed E-state index contributed by atoms with van der Waals surface area (Å²) in [6, 6.07) is 0. The van der Waals surface area contributed by atoms with Gasteiger partial charge in [0.05, 0.1) is 5.70 Å². The third kappa shape index (κ3) is 2.34. The second-order valence-electron chi connectivity index (χ2n) is 2.39. The normalized spacial score (nSPS) is 18.6. The van der Waals surface area contributed by atoms with E-state index in [-0.39, 0.29) is 0 Å². The quantitative estimate of drug-likeness (QED) is 0.651. The van der Waals surface area contributed by atoms with Gasteiger partial charge in [0, 0.05) is 18.0 Å². The third-order valence-corrected chi connectivity index (χ3v) is 2.73. The van der Waals surface area contributed by atoms with Crippen molar-refractivity contribution in [3.05, 3.63) is 10.6 Å². The molecule has 1 N–H and O–H groups in total. The molecular formula is C8H14N2S. The largest absolute Gasteiger partial charge is 0.311 e. The summed E-state index contributed by atoms with van der Waals surface area (Å²) < 4.78 is 0. The molecular weight excluding hydrogens is 156 g/mol. The Morgan fingerprint density at radius 3 is 3.18 bits per heavy atom. The van der Waals surface area contributed by atoms with Crippen molar-refractivity contribution in [2.24, 2.45) is 4.99 Å². The van der Waals surface area contributed by atoms with Crippen molar-refractivity contribution in [2.45, 2.75) is 13.3 Å². The van der Waals surface area contributed by atoms with Crippen molar-refractivity contribution in [1.82, 2.24) is 5.32 Å². The molecule has 0 amide bonds. The van der Waals surface area contributed by atoms with Crippen LogP contribution in [0.3, 0.4) is 0 Å². The van der Waals surface area contributed by atoms with Crippen LogP contribution in [0.2, 0.25) is 0 Å². The van der Waals surface area contributed by atoms with Crippen molar-refractivity contribution in [1.29, 1.82) is 0 Å². The van der Waals surface area contributed by atoms with Crippen molar-refractivity contribution in [3.63, 3.8) is 0 Å². The van der Waals surface area contributed by atoms with Gasteiger partial charge in [-0.2, -0.15) is 0 Å². The number of nitrogens with one attached hydrogen (secondary N) is 1. The van der Waals surface area contributed by atoms with Gasteiger partial charge in [-0.3, -0.25) is 4.99 Å². The SMILES string of the molecule is C=NC1=C(SCC)CCNC1. The second kappa shape index (κ2) is 4.57. The van der Waals surface area contributed by atoms with E-state index in [2.05, 4.69) is 24.0 Å². The molecule has 0 atom stereocenters. The maximum atomic E-state index is 3.99. The smallest absolute Gasteiger partial charge is 0.0629 e. The average molecular weight is 170 g/mol. The second-order valence-corrected chi connectivity index (χ2v) is 3.75. The highest BCUT2D eigenvalue weighted by Gasteiger charge is 2.09. The summed E-state index contributed by atoms with van der Waals surface area (Å²) in [7, 11) is 0. The third-order valence-electron chi connectivity index (χ3n) is 1.65. The molecule has 1 aliphatic heterocycles. The molecule has 0 aromatic carbocycles. The van der Waals surface area contributed by atoms with E-state index >= 15 is 0 Å². The first kappa shape index (κ1) is 8.81. The summed E-state index contributed by atoms with van der Waals surface area (Å²) in [5, 5.41) is 3.27. The minimum absolute atomic E-state index is 0.895. The lowest BCUT2D eigenvalue weighted by molar-refractivity contribution is 0.692. The number of hydrogen-bond acceptors (Lipinski definition) is 3. The molecule has 0 radical (unpaired) electrons. The number of hydrogen-bond donors (Lipinski definition) is 1.